The third-order valence-electron chi connectivity index (χ3n) is 13.2. The van der Waals surface area contributed by atoms with Gasteiger partial charge in [0.25, 0.3) is 0 Å². The molecule has 3 unspecified atom stereocenters. The van der Waals surface area contributed by atoms with Crippen LogP contribution in [0.15, 0.2) is 24.3 Å². The SMILES string of the molecule is CCCCCCC/C=C\C/C=C\CCCCCCCCCCCCCCCCCCCCCCCCCCCCCCCC(=O)NC(COP(=O)(O)OCC[N+](C)(C)C)C(O)CCCCC. The van der Waals surface area contributed by atoms with Crippen LogP contribution in [0.4, 0.5) is 0 Å². The Morgan fingerprint density at radius 1 is 0.515 bits per heavy atom. The quantitative estimate of drug-likeness (QED) is 0.0243. The Morgan fingerprint density at radius 3 is 1.24 bits per heavy atom. The maximum absolute atomic E-state index is 12.7. The molecule has 0 saturated carbocycles. The summed E-state index contributed by atoms with van der Waals surface area (Å²) in [5.74, 6) is -0.151. The molecule has 0 spiro atoms. The number of carbonyl (C=O) groups is 1. The molecule has 9 heteroatoms. The Balaban J connectivity index is 3.55. The van der Waals surface area contributed by atoms with Gasteiger partial charge >= 0.3 is 7.82 Å². The molecule has 3 atom stereocenters. The first kappa shape index (κ1) is 65.0. The third-order valence-corrected chi connectivity index (χ3v) is 14.2. The number of rotatable bonds is 53. The molecule has 0 bridgehead atoms. The third kappa shape index (κ3) is 50.8. The van der Waals surface area contributed by atoms with E-state index < -0.39 is 20.0 Å². The summed E-state index contributed by atoms with van der Waals surface area (Å²) >= 11 is 0. The summed E-state index contributed by atoms with van der Waals surface area (Å²) < 4.78 is 23.4. The van der Waals surface area contributed by atoms with Crippen molar-refractivity contribution in [2.24, 2.45) is 0 Å². The number of phosphoric acid groups is 1. The first-order chi connectivity index (χ1) is 32.0. The number of unbranched alkanes of at least 4 members (excludes halogenated alkanes) is 36. The molecule has 0 aromatic heterocycles. The molecule has 1 amide bonds. The fraction of sp³-hybridized carbons (Fsp3) is 0.912. The van der Waals surface area contributed by atoms with Gasteiger partial charge in [0.05, 0.1) is 39.9 Å². The predicted octanol–water partition coefficient (Wildman–Crippen LogP) is 17.2. The van der Waals surface area contributed by atoms with Crippen molar-refractivity contribution < 1.29 is 32.9 Å². The molecule has 0 saturated heterocycles. The van der Waals surface area contributed by atoms with Gasteiger partial charge in [0.2, 0.25) is 5.91 Å². The second kappa shape index (κ2) is 49.0. The fourth-order valence-electron chi connectivity index (χ4n) is 8.67. The van der Waals surface area contributed by atoms with E-state index in [-0.39, 0.29) is 19.1 Å². The molecule has 3 N–H and O–H groups in total. The van der Waals surface area contributed by atoms with Gasteiger partial charge < -0.3 is 19.8 Å². The minimum Gasteiger partial charge on any atom is -0.391 e. The first-order valence-corrected chi connectivity index (χ1v) is 30.2. The van der Waals surface area contributed by atoms with Crippen LogP contribution in [-0.2, 0) is 18.4 Å². The summed E-state index contributed by atoms with van der Waals surface area (Å²) in [4.78, 5) is 22.9. The van der Waals surface area contributed by atoms with Crippen molar-refractivity contribution in [3.05, 3.63) is 24.3 Å². The normalized spacial score (nSPS) is 14.1. The van der Waals surface area contributed by atoms with Gasteiger partial charge in [0, 0.05) is 6.42 Å². The number of nitrogens with zero attached hydrogens (tertiary/aromatic N) is 1. The molecule has 0 radical (unpaired) electrons. The molecule has 0 aromatic carbocycles. The van der Waals surface area contributed by atoms with Gasteiger partial charge in [-0.3, -0.25) is 13.8 Å². The smallest absolute Gasteiger partial charge is 0.391 e. The van der Waals surface area contributed by atoms with Crippen molar-refractivity contribution in [1.29, 1.82) is 0 Å². The number of amides is 1. The maximum Gasteiger partial charge on any atom is 0.472 e. The van der Waals surface area contributed by atoms with E-state index in [4.69, 9.17) is 9.05 Å². The lowest BCUT2D eigenvalue weighted by Crippen LogP contribution is -2.46. The topological polar surface area (TPSA) is 105 Å². The Hall–Kier alpha value is -1.02. The van der Waals surface area contributed by atoms with E-state index in [9.17, 15) is 19.4 Å². The van der Waals surface area contributed by atoms with Crippen molar-refractivity contribution in [2.75, 3.05) is 40.9 Å². The number of phosphoric ester groups is 1. The standard InChI is InChI=1S/C57H113N2O6P/c1-6-8-10-11-12-13-14-15-16-17-18-19-20-21-22-23-24-25-26-27-28-29-30-31-32-33-34-35-36-37-38-39-40-41-42-43-44-45-46-47-49-51-57(61)58-55(56(60)50-48-9-7-2)54-65-66(62,63)64-53-52-59(3,4)5/h14-15,17-18,55-56,60H,6-13,16,19-54H2,1-5H3,(H-,58,61,62,63)/p+1/b15-14-,18-17-. The zero-order chi connectivity index (χ0) is 48.5. The zero-order valence-corrected chi connectivity index (χ0v) is 45.6. The lowest BCUT2D eigenvalue weighted by Gasteiger charge is -2.26. The van der Waals surface area contributed by atoms with Crippen molar-refractivity contribution in [3.8, 4) is 0 Å². The highest BCUT2D eigenvalue weighted by atomic mass is 31.2. The van der Waals surface area contributed by atoms with Gasteiger partial charge in [0.1, 0.15) is 13.2 Å². The van der Waals surface area contributed by atoms with Gasteiger partial charge in [-0.05, 0) is 44.9 Å². The van der Waals surface area contributed by atoms with Crippen molar-refractivity contribution >= 4 is 13.7 Å². The van der Waals surface area contributed by atoms with Gasteiger partial charge in [-0.1, -0.05) is 256 Å². The maximum atomic E-state index is 12.7. The molecule has 0 fully saturated rings. The largest absolute Gasteiger partial charge is 0.472 e. The van der Waals surface area contributed by atoms with Crippen LogP contribution in [-0.4, -0.2) is 73.4 Å². The molecule has 0 rings (SSSR count). The summed E-state index contributed by atoms with van der Waals surface area (Å²) in [7, 11) is 1.62. The lowest BCUT2D eigenvalue weighted by molar-refractivity contribution is -0.870. The van der Waals surface area contributed by atoms with Crippen LogP contribution in [0.5, 0.6) is 0 Å². The number of aliphatic hydroxyl groups excluding tert-OH is 1. The number of likely N-dealkylation sites (N-methyl/N-ethyl adjacent to an activating group) is 1. The van der Waals surface area contributed by atoms with Crippen molar-refractivity contribution in [2.45, 2.75) is 296 Å². The minimum atomic E-state index is -4.29. The second-order valence-electron chi connectivity index (χ2n) is 21.0. The average Bonchev–Trinajstić information content (AvgIpc) is 3.27. The van der Waals surface area contributed by atoms with Gasteiger partial charge in [-0.15, -0.1) is 0 Å². The van der Waals surface area contributed by atoms with Crippen LogP contribution >= 0.6 is 7.82 Å². The van der Waals surface area contributed by atoms with Crippen molar-refractivity contribution in [1.82, 2.24) is 5.32 Å². The van der Waals surface area contributed by atoms with Crippen LogP contribution in [0, 0.1) is 0 Å². The van der Waals surface area contributed by atoms with E-state index in [2.05, 4.69) is 43.5 Å². The van der Waals surface area contributed by atoms with Crippen molar-refractivity contribution in [3.63, 3.8) is 0 Å². The van der Waals surface area contributed by atoms with E-state index in [0.29, 0.717) is 23.9 Å². The Bertz CT molecular complexity index is 1130. The lowest BCUT2D eigenvalue weighted by atomic mass is 10.0. The summed E-state index contributed by atoms with van der Waals surface area (Å²) in [5, 5.41) is 13.6. The molecule has 0 aliphatic rings. The van der Waals surface area contributed by atoms with Gasteiger partial charge in [0.15, 0.2) is 0 Å². The number of carbonyl (C=O) groups excluding carboxylic acids is 1. The van der Waals surface area contributed by atoms with Crippen LogP contribution < -0.4 is 5.32 Å². The highest BCUT2D eigenvalue weighted by Gasteiger charge is 2.28. The van der Waals surface area contributed by atoms with Crippen LogP contribution in [0.3, 0.4) is 0 Å². The van der Waals surface area contributed by atoms with Crippen LogP contribution in [0.25, 0.3) is 0 Å². The number of allylic oxidation sites excluding steroid dienone is 4. The van der Waals surface area contributed by atoms with Crippen LogP contribution in [0.2, 0.25) is 0 Å². The number of hydrogen-bond acceptors (Lipinski definition) is 5. The fourth-order valence-corrected chi connectivity index (χ4v) is 9.40. The van der Waals surface area contributed by atoms with Gasteiger partial charge in [-0.2, -0.15) is 0 Å². The van der Waals surface area contributed by atoms with E-state index in [1.807, 2.05) is 21.1 Å². The molecule has 66 heavy (non-hydrogen) atoms. The molecular formula is C57H114N2O6P+. The number of nitrogens with one attached hydrogen (secondary N) is 1. The van der Waals surface area contributed by atoms with E-state index in [1.165, 1.54) is 212 Å². The number of aliphatic hydroxyl groups is 1. The Labute approximate surface area is 411 Å². The first-order valence-electron chi connectivity index (χ1n) is 28.7. The molecule has 0 heterocycles. The molecule has 0 aliphatic carbocycles. The average molecular weight is 955 g/mol. The Morgan fingerprint density at radius 2 is 0.864 bits per heavy atom. The Kier molecular flexibility index (Phi) is 48.2. The molecule has 0 aliphatic heterocycles. The van der Waals surface area contributed by atoms with E-state index in [1.54, 1.807) is 0 Å². The summed E-state index contributed by atoms with van der Waals surface area (Å²) in [6.45, 7) is 4.73. The highest BCUT2D eigenvalue weighted by Crippen LogP contribution is 2.43. The minimum absolute atomic E-state index is 0.0754. The monoisotopic (exact) mass is 954 g/mol. The summed E-state index contributed by atoms with van der Waals surface area (Å²) in [6, 6.07) is -0.752. The molecule has 8 nitrogen and oxygen atoms in total. The summed E-state index contributed by atoms with van der Waals surface area (Å²) in [6.07, 6.45) is 62.3. The molecule has 392 valence electrons. The van der Waals surface area contributed by atoms with E-state index in [0.717, 1.165) is 44.9 Å². The zero-order valence-electron chi connectivity index (χ0n) is 44.7. The molecule has 0 aromatic rings. The number of quaternary nitrogens is 1. The predicted molar refractivity (Wildman–Crippen MR) is 286 cm³/mol. The number of hydrogen-bond donors (Lipinski definition) is 3. The highest BCUT2D eigenvalue weighted by molar-refractivity contribution is 7.47. The van der Waals surface area contributed by atoms with E-state index >= 15 is 0 Å². The van der Waals surface area contributed by atoms with Crippen LogP contribution in [0.1, 0.15) is 284 Å². The molecular weight excluding hydrogens is 840 g/mol. The summed E-state index contributed by atoms with van der Waals surface area (Å²) in [5.41, 5.74) is 0. The second-order valence-corrected chi connectivity index (χ2v) is 22.5. The van der Waals surface area contributed by atoms with Gasteiger partial charge in [-0.25, -0.2) is 4.57 Å².